The minimum absolute atomic E-state index is 0.0382. The molecular weight excluding hydrogens is 594 g/mol. The Balaban J connectivity index is 1.37. The van der Waals surface area contributed by atoms with Crippen molar-refractivity contribution in [1.82, 2.24) is 5.32 Å². The summed E-state index contributed by atoms with van der Waals surface area (Å²) in [5, 5.41) is 8.55. The number of hydrogen-bond acceptors (Lipinski definition) is 5. The monoisotopic (exact) mass is 627 g/mol. The van der Waals surface area contributed by atoms with E-state index in [1.807, 2.05) is 49.4 Å². The Hall–Kier alpha value is -4.53. The van der Waals surface area contributed by atoms with E-state index in [2.05, 4.69) is 22.9 Å². The number of ether oxygens (including phenoxy) is 1. The van der Waals surface area contributed by atoms with Gasteiger partial charge in [0.05, 0.1) is 11.9 Å². The van der Waals surface area contributed by atoms with Crippen LogP contribution in [0.25, 0.3) is 6.08 Å². The zero-order valence-electron chi connectivity index (χ0n) is 24.5. The first kappa shape index (κ1) is 32.4. The van der Waals surface area contributed by atoms with Crippen molar-refractivity contribution in [1.29, 1.82) is 0 Å². The van der Waals surface area contributed by atoms with Crippen molar-refractivity contribution >= 4 is 58.5 Å². The molecule has 0 bridgehead atoms. The molecule has 0 aliphatic rings. The van der Waals surface area contributed by atoms with Gasteiger partial charge in [-0.05, 0) is 91.7 Å². The van der Waals surface area contributed by atoms with Gasteiger partial charge in [-0.3, -0.25) is 14.4 Å². The number of unbranched alkanes of at least 4 members (excludes halogenated alkanes) is 1. The number of carbonyl (C=O) groups excluding carboxylic acids is 3. The fourth-order valence-electron chi connectivity index (χ4n) is 3.98. The van der Waals surface area contributed by atoms with Crippen LogP contribution in [0.15, 0.2) is 114 Å². The number of anilines is 2. The average Bonchev–Trinajstić information content (AvgIpc) is 3.04. The molecule has 1 atom stereocenters. The minimum atomic E-state index is -0.510. The van der Waals surface area contributed by atoms with E-state index in [1.54, 1.807) is 60.7 Å². The second-order valence-corrected chi connectivity index (χ2v) is 11.7. The fraction of sp³-hybridized carbons (Fsp3) is 0.171. The number of hydrogen-bond donors (Lipinski definition) is 3. The number of nitrogens with one attached hydrogen (secondary N) is 3. The summed E-state index contributed by atoms with van der Waals surface area (Å²) < 4.78 is 5.68. The van der Waals surface area contributed by atoms with Gasteiger partial charge in [0, 0.05) is 26.9 Å². The Morgan fingerprint density at radius 3 is 2.16 bits per heavy atom. The summed E-state index contributed by atoms with van der Waals surface area (Å²) in [6.45, 7) is 4.62. The van der Waals surface area contributed by atoms with Crippen LogP contribution in [-0.4, -0.2) is 29.6 Å². The van der Waals surface area contributed by atoms with Crippen molar-refractivity contribution in [2.45, 2.75) is 36.8 Å². The third-order valence-corrected chi connectivity index (χ3v) is 7.87. The predicted molar refractivity (Wildman–Crippen MR) is 179 cm³/mol. The van der Waals surface area contributed by atoms with Crippen LogP contribution >= 0.6 is 23.4 Å². The SMILES string of the molecule is CCCCOc1ccc(NC(=O)C(C)Sc2ccc(NC(=O)/C(=C/c3ccccc3Cl)NC(=O)c3ccccc3)cc2)cc1. The summed E-state index contributed by atoms with van der Waals surface area (Å²) in [7, 11) is 0. The first-order valence-electron chi connectivity index (χ1n) is 14.3. The van der Waals surface area contributed by atoms with Gasteiger partial charge in [-0.25, -0.2) is 0 Å². The molecule has 1 unspecified atom stereocenters. The highest BCUT2D eigenvalue weighted by Gasteiger charge is 2.17. The standard InChI is InChI=1S/C35H34ClN3O4S/c1-3-4-22-43-29-18-14-27(15-19-29)37-33(40)24(2)44-30-20-16-28(17-21-30)38-35(42)32(23-26-12-8-9-13-31(26)36)39-34(41)25-10-6-5-7-11-25/h5-21,23-24H,3-4,22H2,1-2H3,(H,37,40)(H,38,42)(H,39,41)/b32-23-. The second-order valence-electron chi connectivity index (χ2n) is 9.85. The van der Waals surface area contributed by atoms with E-state index in [0.29, 0.717) is 34.1 Å². The lowest BCUT2D eigenvalue weighted by Gasteiger charge is -2.14. The van der Waals surface area contributed by atoms with Crippen LogP contribution in [-0.2, 0) is 9.59 Å². The van der Waals surface area contributed by atoms with E-state index < -0.39 is 11.8 Å². The fourth-order valence-corrected chi connectivity index (χ4v) is 5.03. The molecule has 0 aromatic heterocycles. The van der Waals surface area contributed by atoms with Crippen molar-refractivity contribution < 1.29 is 19.1 Å². The lowest BCUT2D eigenvalue weighted by Crippen LogP contribution is -2.30. The van der Waals surface area contributed by atoms with E-state index in [1.165, 1.54) is 17.8 Å². The maximum Gasteiger partial charge on any atom is 0.272 e. The molecular formula is C35H34ClN3O4S. The van der Waals surface area contributed by atoms with Gasteiger partial charge in [0.25, 0.3) is 11.8 Å². The van der Waals surface area contributed by atoms with Crippen LogP contribution in [0.1, 0.15) is 42.6 Å². The number of amides is 3. The number of carbonyl (C=O) groups is 3. The molecule has 44 heavy (non-hydrogen) atoms. The summed E-state index contributed by atoms with van der Waals surface area (Å²) >= 11 is 7.71. The number of benzene rings is 4. The molecule has 226 valence electrons. The van der Waals surface area contributed by atoms with Gasteiger partial charge in [-0.15, -0.1) is 11.8 Å². The molecule has 0 spiro atoms. The molecule has 0 saturated heterocycles. The van der Waals surface area contributed by atoms with Crippen LogP contribution in [0.2, 0.25) is 5.02 Å². The van der Waals surface area contributed by atoms with Crippen LogP contribution in [0.5, 0.6) is 5.75 Å². The van der Waals surface area contributed by atoms with Gasteiger partial charge < -0.3 is 20.7 Å². The zero-order chi connectivity index (χ0) is 31.3. The smallest absolute Gasteiger partial charge is 0.272 e. The van der Waals surface area contributed by atoms with E-state index >= 15 is 0 Å². The highest BCUT2D eigenvalue weighted by molar-refractivity contribution is 8.00. The zero-order valence-corrected chi connectivity index (χ0v) is 26.1. The molecule has 0 aliphatic carbocycles. The number of rotatable bonds is 13. The van der Waals surface area contributed by atoms with E-state index in [0.717, 1.165) is 23.5 Å². The molecule has 9 heteroatoms. The quantitative estimate of drug-likeness (QED) is 0.0792. The maximum atomic E-state index is 13.3. The van der Waals surface area contributed by atoms with E-state index in [9.17, 15) is 14.4 Å². The van der Waals surface area contributed by atoms with Gasteiger partial charge in [-0.1, -0.05) is 61.3 Å². The third kappa shape index (κ3) is 9.76. The molecule has 0 aliphatic heterocycles. The molecule has 7 nitrogen and oxygen atoms in total. The van der Waals surface area contributed by atoms with Gasteiger partial charge in [0.1, 0.15) is 11.4 Å². The summed E-state index contributed by atoms with van der Waals surface area (Å²) in [5.41, 5.74) is 2.26. The van der Waals surface area contributed by atoms with Crippen LogP contribution in [0, 0.1) is 0 Å². The molecule has 4 aromatic carbocycles. The lowest BCUT2D eigenvalue weighted by molar-refractivity contribution is -0.115. The molecule has 0 fully saturated rings. The molecule has 4 aromatic rings. The maximum absolute atomic E-state index is 13.3. The first-order valence-corrected chi connectivity index (χ1v) is 15.5. The molecule has 4 rings (SSSR count). The lowest BCUT2D eigenvalue weighted by atomic mass is 10.1. The topological polar surface area (TPSA) is 96.5 Å². The Morgan fingerprint density at radius 1 is 0.841 bits per heavy atom. The van der Waals surface area contributed by atoms with Crippen molar-refractivity contribution in [3.63, 3.8) is 0 Å². The summed E-state index contributed by atoms with van der Waals surface area (Å²) in [6.07, 6.45) is 3.60. The van der Waals surface area contributed by atoms with Crippen molar-refractivity contribution in [2.75, 3.05) is 17.2 Å². The highest BCUT2D eigenvalue weighted by atomic mass is 35.5. The Kier molecular flexibility index (Phi) is 12.0. The number of thioether (sulfide) groups is 1. The minimum Gasteiger partial charge on any atom is -0.494 e. The third-order valence-electron chi connectivity index (χ3n) is 6.42. The molecule has 0 saturated carbocycles. The van der Waals surface area contributed by atoms with Gasteiger partial charge in [-0.2, -0.15) is 0 Å². The van der Waals surface area contributed by atoms with Crippen LogP contribution in [0.3, 0.4) is 0 Å². The predicted octanol–water partition coefficient (Wildman–Crippen LogP) is 8.05. The van der Waals surface area contributed by atoms with Gasteiger partial charge in [0.2, 0.25) is 5.91 Å². The van der Waals surface area contributed by atoms with Crippen molar-refractivity contribution in [2.24, 2.45) is 0 Å². The molecule has 3 N–H and O–H groups in total. The van der Waals surface area contributed by atoms with Crippen LogP contribution < -0.4 is 20.7 Å². The molecule has 3 amide bonds. The Bertz CT molecular complexity index is 1590. The van der Waals surface area contributed by atoms with Crippen LogP contribution in [0.4, 0.5) is 11.4 Å². The van der Waals surface area contributed by atoms with Gasteiger partial charge in [0.15, 0.2) is 0 Å². The average molecular weight is 628 g/mol. The summed E-state index contributed by atoms with van der Waals surface area (Å²) in [6, 6.07) is 30.2. The molecule has 0 heterocycles. The Labute approximate surface area is 267 Å². The van der Waals surface area contributed by atoms with E-state index in [4.69, 9.17) is 16.3 Å². The second kappa shape index (κ2) is 16.4. The molecule has 0 radical (unpaired) electrons. The largest absolute Gasteiger partial charge is 0.494 e. The number of halogens is 1. The summed E-state index contributed by atoms with van der Waals surface area (Å²) in [4.78, 5) is 39.8. The normalized spacial score (nSPS) is 11.8. The van der Waals surface area contributed by atoms with Crippen molar-refractivity contribution in [3.8, 4) is 5.75 Å². The van der Waals surface area contributed by atoms with Crippen molar-refractivity contribution in [3.05, 3.63) is 125 Å². The van der Waals surface area contributed by atoms with E-state index in [-0.39, 0.29) is 16.9 Å². The van der Waals surface area contributed by atoms with Gasteiger partial charge >= 0.3 is 0 Å². The highest BCUT2D eigenvalue weighted by Crippen LogP contribution is 2.26. The Morgan fingerprint density at radius 2 is 1.48 bits per heavy atom. The summed E-state index contributed by atoms with van der Waals surface area (Å²) in [5.74, 6) is -0.287. The first-order chi connectivity index (χ1) is 21.3.